The van der Waals surface area contributed by atoms with Crippen molar-refractivity contribution in [3.63, 3.8) is 0 Å². The summed E-state index contributed by atoms with van der Waals surface area (Å²) in [5.41, 5.74) is 4.97. The first-order valence-electron chi connectivity index (χ1n) is 12.1. The van der Waals surface area contributed by atoms with Crippen LogP contribution in [0.4, 0.5) is 0 Å². The summed E-state index contributed by atoms with van der Waals surface area (Å²) in [6.07, 6.45) is 1.62. The average Bonchev–Trinajstić information content (AvgIpc) is 3.09. The van der Waals surface area contributed by atoms with Crippen LogP contribution in [0.25, 0.3) is 44.2 Å². The second-order valence-corrected chi connectivity index (χ2v) is 7.29. The van der Waals surface area contributed by atoms with Crippen molar-refractivity contribution in [1.82, 2.24) is 4.98 Å². The summed E-state index contributed by atoms with van der Waals surface area (Å²) in [5, 5.41) is 1.72. The molecule has 0 amide bonds. The van der Waals surface area contributed by atoms with E-state index in [1.165, 1.54) is 0 Å². The molecule has 3 heteroatoms. The van der Waals surface area contributed by atoms with E-state index in [1.807, 2.05) is 31.2 Å². The molecule has 0 bridgehead atoms. The Morgan fingerprint density at radius 3 is 2.64 bits per heavy atom. The van der Waals surface area contributed by atoms with Crippen LogP contribution >= 0.6 is 0 Å². The molecule has 3 heterocycles. The molecule has 0 radical (unpaired) electrons. The Bertz CT molecular complexity index is 1610. The van der Waals surface area contributed by atoms with Gasteiger partial charge in [-0.3, -0.25) is 0 Å². The van der Waals surface area contributed by atoms with E-state index in [0.29, 0.717) is 32.8 Å². The van der Waals surface area contributed by atoms with Gasteiger partial charge >= 0.3 is 0 Å². The number of furan rings is 1. The smallest absolute Gasteiger partial charge is 0.228 e. The fourth-order valence-electron chi connectivity index (χ4n) is 3.91. The van der Waals surface area contributed by atoms with Gasteiger partial charge in [0.05, 0.1) is 16.5 Å². The SMILES string of the molecule is [2H]C([2H])([2H])c1c[n+](C)c(-c2c(C)ccc3c2oc2nc4ccccc4c(C([2H])([2H])[2H])c23)cc1C. The standard InChI is InChI=1S/C25H23N2O/c1-14-10-11-19-23-17(4)18-8-6-7-9-20(18)26-25(23)28-24(19)22(14)21-12-15(2)16(3)13-27(21)5/h6-13H,1-5H3/q+1/i3D3,4D3. The lowest BCUT2D eigenvalue weighted by Gasteiger charge is -2.08. The highest BCUT2D eigenvalue weighted by Gasteiger charge is 2.23. The Balaban J connectivity index is 1.92. The zero-order valence-corrected chi connectivity index (χ0v) is 15.9. The normalized spacial score (nSPS) is 15.8. The lowest BCUT2D eigenvalue weighted by atomic mass is 9.97. The fourth-order valence-corrected chi connectivity index (χ4v) is 3.91. The number of rotatable bonds is 1. The third-order valence-corrected chi connectivity index (χ3v) is 5.43. The summed E-state index contributed by atoms with van der Waals surface area (Å²) < 4.78 is 56.3. The maximum absolute atomic E-state index is 8.26. The van der Waals surface area contributed by atoms with Crippen molar-refractivity contribution in [2.45, 2.75) is 27.6 Å². The number of aryl methyl sites for hydroxylation is 5. The van der Waals surface area contributed by atoms with Crippen molar-refractivity contribution >= 4 is 33.0 Å². The minimum atomic E-state index is -2.37. The highest BCUT2D eigenvalue weighted by molar-refractivity contribution is 6.13. The van der Waals surface area contributed by atoms with Gasteiger partial charge in [-0.05, 0) is 50.3 Å². The predicted molar refractivity (Wildman–Crippen MR) is 115 cm³/mol. The largest absolute Gasteiger partial charge is 0.437 e. The first-order valence-corrected chi connectivity index (χ1v) is 9.14. The van der Waals surface area contributed by atoms with Gasteiger partial charge in [-0.25, -0.2) is 9.55 Å². The van der Waals surface area contributed by atoms with Gasteiger partial charge in [-0.15, -0.1) is 0 Å². The molecule has 0 saturated heterocycles. The second kappa shape index (κ2) is 5.90. The van der Waals surface area contributed by atoms with Crippen molar-refractivity contribution < 1.29 is 17.2 Å². The molecule has 0 unspecified atom stereocenters. The number of nitrogens with zero attached hydrogens (tertiary/aromatic N) is 2. The molecule has 0 spiro atoms. The zero-order chi connectivity index (χ0) is 24.6. The van der Waals surface area contributed by atoms with E-state index in [9.17, 15) is 0 Å². The molecule has 3 aromatic heterocycles. The summed E-state index contributed by atoms with van der Waals surface area (Å²) in [6, 6.07) is 12.8. The van der Waals surface area contributed by atoms with E-state index >= 15 is 0 Å². The number of aromatic nitrogens is 2. The van der Waals surface area contributed by atoms with Gasteiger partial charge in [0.25, 0.3) is 0 Å². The van der Waals surface area contributed by atoms with Crippen LogP contribution in [0.5, 0.6) is 0 Å². The summed E-state index contributed by atoms with van der Waals surface area (Å²) in [6.45, 7) is -0.867. The molecule has 28 heavy (non-hydrogen) atoms. The fraction of sp³-hybridized carbons (Fsp3) is 0.200. The molecule has 0 atom stereocenters. The maximum Gasteiger partial charge on any atom is 0.228 e. The zero-order valence-electron chi connectivity index (χ0n) is 21.9. The third kappa shape index (κ3) is 2.29. The molecule has 0 aliphatic carbocycles. The monoisotopic (exact) mass is 373 g/mol. The molecule has 2 aromatic carbocycles. The van der Waals surface area contributed by atoms with Crippen LogP contribution in [0, 0.1) is 27.6 Å². The van der Waals surface area contributed by atoms with Crippen molar-refractivity contribution in [1.29, 1.82) is 0 Å². The summed E-state index contributed by atoms with van der Waals surface area (Å²) in [5.74, 6) is 0. The van der Waals surface area contributed by atoms with Crippen LogP contribution in [-0.4, -0.2) is 4.98 Å². The van der Waals surface area contributed by atoms with E-state index < -0.39 is 13.7 Å². The van der Waals surface area contributed by atoms with E-state index in [-0.39, 0.29) is 16.8 Å². The number of para-hydroxylation sites is 1. The van der Waals surface area contributed by atoms with Gasteiger partial charge in [-0.1, -0.05) is 30.3 Å². The number of pyridine rings is 2. The second-order valence-electron chi connectivity index (χ2n) is 7.29. The lowest BCUT2D eigenvalue weighted by Crippen LogP contribution is -2.31. The van der Waals surface area contributed by atoms with E-state index in [2.05, 4.69) is 4.98 Å². The summed E-state index contributed by atoms with van der Waals surface area (Å²) in [4.78, 5) is 4.64. The van der Waals surface area contributed by atoms with Gasteiger partial charge in [0.2, 0.25) is 11.4 Å². The molecule has 0 fully saturated rings. The number of hydrogen-bond donors (Lipinski definition) is 0. The van der Waals surface area contributed by atoms with Gasteiger partial charge in [-0.2, -0.15) is 0 Å². The maximum atomic E-state index is 8.26. The number of benzene rings is 2. The van der Waals surface area contributed by atoms with Crippen LogP contribution in [0.3, 0.4) is 0 Å². The Labute approximate surface area is 172 Å². The Hall–Kier alpha value is -3.20. The third-order valence-electron chi connectivity index (χ3n) is 5.43. The minimum Gasteiger partial charge on any atom is -0.437 e. The van der Waals surface area contributed by atoms with Crippen LogP contribution in [0.1, 0.15) is 30.5 Å². The predicted octanol–water partition coefficient (Wildman–Crippen LogP) is 5.86. The molecular formula is C25H23N2O+. The molecule has 0 N–H and O–H groups in total. The molecule has 5 aromatic rings. The quantitative estimate of drug-likeness (QED) is 0.345. The number of hydrogen-bond acceptors (Lipinski definition) is 2. The van der Waals surface area contributed by atoms with Crippen molar-refractivity contribution in [3.05, 3.63) is 70.9 Å². The Morgan fingerprint density at radius 1 is 0.964 bits per heavy atom. The lowest BCUT2D eigenvalue weighted by molar-refractivity contribution is -0.660. The molecule has 138 valence electrons. The van der Waals surface area contributed by atoms with E-state index in [4.69, 9.17) is 12.6 Å². The van der Waals surface area contributed by atoms with Gasteiger partial charge in [0.15, 0.2) is 11.8 Å². The van der Waals surface area contributed by atoms with Crippen LogP contribution in [-0.2, 0) is 7.05 Å². The highest BCUT2D eigenvalue weighted by atomic mass is 16.3. The minimum absolute atomic E-state index is 0.222. The van der Waals surface area contributed by atoms with Crippen molar-refractivity contribution in [2.75, 3.05) is 0 Å². The van der Waals surface area contributed by atoms with Gasteiger partial charge in [0, 0.05) is 30.6 Å². The van der Waals surface area contributed by atoms with Crippen LogP contribution in [0.2, 0.25) is 0 Å². The molecule has 0 aliphatic heterocycles. The molecule has 5 rings (SSSR count). The molecule has 0 aliphatic rings. The van der Waals surface area contributed by atoms with Crippen molar-refractivity contribution in [3.8, 4) is 11.3 Å². The van der Waals surface area contributed by atoms with Gasteiger partial charge in [0.1, 0.15) is 7.05 Å². The summed E-state index contributed by atoms with van der Waals surface area (Å²) >= 11 is 0. The van der Waals surface area contributed by atoms with E-state index in [0.717, 1.165) is 16.8 Å². The van der Waals surface area contributed by atoms with Crippen LogP contribution in [0.15, 0.2) is 53.1 Å². The first kappa shape index (κ1) is 11.6. The Morgan fingerprint density at radius 2 is 1.82 bits per heavy atom. The van der Waals surface area contributed by atoms with Crippen LogP contribution < -0.4 is 4.57 Å². The Kier molecular flexibility index (Phi) is 2.44. The first-order chi connectivity index (χ1) is 15.9. The highest BCUT2D eigenvalue weighted by Crippen LogP contribution is 2.39. The molecule has 0 saturated carbocycles. The van der Waals surface area contributed by atoms with Gasteiger partial charge < -0.3 is 4.42 Å². The average molecular weight is 374 g/mol. The summed E-state index contributed by atoms with van der Waals surface area (Å²) in [7, 11) is 1.80. The van der Waals surface area contributed by atoms with E-state index in [1.54, 1.807) is 42.9 Å². The van der Waals surface area contributed by atoms with Crippen molar-refractivity contribution in [2.24, 2.45) is 7.05 Å². The molecular weight excluding hydrogens is 344 g/mol. The molecule has 3 nitrogen and oxygen atoms in total. The topological polar surface area (TPSA) is 29.9 Å². The number of fused-ring (bicyclic) bond motifs is 4.